The second-order valence-corrected chi connectivity index (χ2v) is 6.77. The summed E-state index contributed by atoms with van der Waals surface area (Å²) in [5, 5.41) is 0. The van der Waals surface area contributed by atoms with Crippen molar-refractivity contribution >= 4 is 17.5 Å². The van der Waals surface area contributed by atoms with Gasteiger partial charge in [0.05, 0.1) is 0 Å². The third kappa shape index (κ3) is 3.04. The van der Waals surface area contributed by atoms with Gasteiger partial charge in [-0.3, -0.25) is 9.59 Å². The Morgan fingerprint density at radius 1 is 0.720 bits per heavy atom. The number of para-hydroxylation sites is 1. The van der Waals surface area contributed by atoms with E-state index in [4.69, 9.17) is 0 Å². The van der Waals surface area contributed by atoms with E-state index in [1.807, 2.05) is 28.0 Å². The van der Waals surface area contributed by atoms with Gasteiger partial charge < -0.3 is 9.80 Å². The molecule has 0 spiro atoms. The van der Waals surface area contributed by atoms with Crippen LogP contribution < -0.4 is 4.90 Å². The van der Waals surface area contributed by atoms with Gasteiger partial charge in [-0.2, -0.15) is 0 Å². The van der Waals surface area contributed by atoms with Gasteiger partial charge in [0.2, 0.25) is 0 Å². The maximum Gasteiger partial charge on any atom is 0.258 e. The molecular formula is C21H22N2O2. The van der Waals surface area contributed by atoms with Crippen LogP contribution in [0.5, 0.6) is 0 Å². The Bertz CT molecular complexity index is 792. The Hall–Kier alpha value is -2.62. The van der Waals surface area contributed by atoms with E-state index >= 15 is 0 Å². The Kier molecular flexibility index (Phi) is 4.26. The lowest BCUT2D eigenvalue weighted by Gasteiger charge is -2.26. The van der Waals surface area contributed by atoms with E-state index in [2.05, 4.69) is 6.07 Å². The van der Waals surface area contributed by atoms with Crippen molar-refractivity contribution in [2.24, 2.45) is 0 Å². The highest BCUT2D eigenvalue weighted by atomic mass is 16.2. The summed E-state index contributed by atoms with van der Waals surface area (Å²) in [6, 6.07) is 15.2. The molecule has 2 heterocycles. The summed E-state index contributed by atoms with van der Waals surface area (Å²) < 4.78 is 0. The number of rotatable bonds is 2. The van der Waals surface area contributed by atoms with E-state index in [1.54, 1.807) is 24.3 Å². The number of piperidine rings is 1. The minimum Gasteiger partial charge on any atom is -0.339 e. The molecular weight excluding hydrogens is 312 g/mol. The van der Waals surface area contributed by atoms with Gasteiger partial charge in [-0.25, -0.2) is 0 Å². The highest BCUT2D eigenvalue weighted by molar-refractivity contribution is 6.07. The van der Waals surface area contributed by atoms with E-state index < -0.39 is 0 Å². The lowest BCUT2D eigenvalue weighted by atomic mass is 10.1. The quantitative estimate of drug-likeness (QED) is 0.843. The number of carbonyl (C=O) groups excluding carboxylic acids is 2. The van der Waals surface area contributed by atoms with Crippen molar-refractivity contribution < 1.29 is 9.59 Å². The Morgan fingerprint density at radius 2 is 1.36 bits per heavy atom. The van der Waals surface area contributed by atoms with E-state index in [0.29, 0.717) is 17.7 Å². The van der Waals surface area contributed by atoms with Gasteiger partial charge in [0.15, 0.2) is 0 Å². The molecule has 1 saturated heterocycles. The van der Waals surface area contributed by atoms with Crippen molar-refractivity contribution in [1.82, 2.24) is 4.90 Å². The molecule has 2 amide bonds. The van der Waals surface area contributed by atoms with Gasteiger partial charge in [0.25, 0.3) is 11.8 Å². The molecule has 128 valence electrons. The number of hydrogen-bond acceptors (Lipinski definition) is 2. The van der Waals surface area contributed by atoms with Crippen LogP contribution in [0.2, 0.25) is 0 Å². The molecule has 4 nitrogen and oxygen atoms in total. The summed E-state index contributed by atoms with van der Waals surface area (Å²) in [6.07, 6.45) is 4.26. The average molecular weight is 334 g/mol. The van der Waals surface area contributed by atoms with Crippen molar-refractivity contribution in [2.75, 3.05) is 24.5 Å². The largest absolute Gasteiger partial charge is 0.339 e. The van der Waals surface area contributed by atoms with Crippen LogP contribution in [0.15, 0.2) is 48.5 Å². The second kappa shape index (κ2) is 6.71. The van der Waals surface area contributed by atoms with E-state index in [1.165, 1.54) is 12.0 Å². The van der Waals surface area contributed by atoms with Crippen LogP contribution in [0, 0.1) is 0 Å². The molecule has 4 heteroatoms. The molecule has 0 N–H and O–H groups in total. The smallest absolute Gasteiger partial charge is 0.258 e. The molecule has 0 bridgehead atoms. The monoisotopic (exact) mass is 334 g/mol. The number of carbonyl (C=O) groups is 2. The first-order chi connectivity index (χ1) is 12.2. The molecule has 0 unspecified atom stereocenters. The molecule has 1 fully saturated rings. The Labute approximate surface area is 148 Å². The van der Waals surface area contributed by atoms with Crippen molar-refractivity contribution in [2.45, 2.75) is 25.7 Å². The fourth-order valence-corrected chi connectivity index (χ4v) is 3.74. The number of benzene rings is 2. The molecule has 2 aliphatic rings. The van der Waals surface area contributed by atoms with Crippen LogP contribution in [0.4, 0.5) is 5.69 Å². The number of anilines is 1. The van der Waals surface area contributed by atoms with E-state index in [0.717, 1.165) is 38.0 Å². The van der Waals surface area contributed by atoms with E-state index in [9.17, 15) is 9.59 Å². The second-order valence-electron chi connectivity index (χ2n) is 6.77. The molecule has 2 aromatic carbocycles. The van der Waals surface area contributed by atoms with Gasteiger partial charge in [-0.05, 0) is 61.6 Å². The first-order valence-electron chi connectivity index (χ1n) is 9.03. The number of amides is 2. The van der Waals surface area contributed by atoms with Crippen LogP contribution >= 0.6 is 0 Å². The summed E-state index contributed by atoms with van der Waals surface area (Å²) >= 11 is 0. The Morgan fingerprint density at radius 3 is 2.08 bits per heavy atom. The normalized spacial score (nSPS) is 16.6. The van der Waals surface area contributed by atoms with Crippen LogP contribution in [-0.2, 0) is 6.42 Å². The molecule has 0 aromatic heterocycles. The minimum absolute atomic E-state index is 0.00178. The van der Waals surface area contributed by atoms with Crippen LogP contribution in [0.25, 0.3) is 0 Å². The van der Waals surface area contributed by atoms with E-state index in [-0.39, 0.29) is 11.8 Å². The van der Waals surface area contributed by atoms with Crippen LogP contribution in [-0.4, -0.2) is 36.3 Å². The highest BCUT2D eigenvalue weighted by Crippen LogP contribution is 2.29. The Balaban J connectivity index is 1.50. The summed E-state index contributed by atoms with van der Waals surface area (Å²) in [6.45, 7) is 2.39. The molecule has 2 aromatic rings. The molecule has 0 atom stereocenters. The lowest BCUT2D eigenvalue weighted by molar-refractivity contribution is 0.0724. The molecule has 0 saturated carbocycles. The first-order valence-corrected chi connectivity index (χ1v) is 9.03. The zero-order valence-electron chi connectivity index (χ0n) is 14.3. The number of hydrogen-bond donors (Lipinski definition) is 0. The van der Waals surface area contributed by atoms with Crippen LogP contribution in [0.1, 0.15) is 45.5 Å². The number of likely N-dealkylation sites (tertiary alicyclic amines) is 1. The highest BCUT2D eigenvalue weighted by Gasteiger charge is 2.25. The topological polar surface area (TPSA) is 40.6 Å². The average Bonchev–Trinajstić information content (AvgIpc) is 3.12. The van der Waals surface area contributed by atoms with Crippen molar-refractivity contribution in [3.05, 3.63) is 65.2 Å². The lowest BCUT2D eigenvalue weighted by Crippen LogP contribution is -2.35. The predicted octanol–water partition coefficient (Wildman–Crippen LogP) is 3.52. The van der Waals surface area contributed by atoms with Crippen molar-refractivity contribution in [3.8, 4) is 0 Å². The van der Waals surface area contributed by atoms with Gasteiger partial charge in [0, 0.05) is 36.4 Å². The van der Waals surface area contributed by atoms with Gasteiger partial charge in [-0.15, -0.1) is 0 Å². The van der Waals surface area contributed by atoms with Gasteiger partial charge in [-0.1, -0.05) is 18.2 Å². The summed E-state index contributed by atoms with van der Waals surface area (Å²) in [5.74, 6) is 0.0761. The van der Waals surface area contributed by atoms with Crippen LogP contribution in [0.3, 0.4) is 0 Å². The molecule has 0 aliphatic carbocycles. The van der Waals surface area contributed by atoms with Gasteiger partial charge >= 0.3 is 0 Å². The SMILES string of the molecule is O=C(c1ccc(C(=O)N2CCc3ccccc32)cc1)N1CCCCC1. The summed E-state index contributed by atoms with van der Waals surface area (Å²) in [5.41, 5.74) is 3.51. The maximum atomic E-state index is 12.8. The first kappa shape index (κ1) is 15.9. The fraction of sp³-hybridized carbons (Fsp3) is 0.333. The minimum atomic E-state index is 0.00178. The third-order valence-electron chi connectivity index (χ3n) is 5.15. The molecule has 4 rings (SSSR count). The standard InChI is InChI=1S/C21H22N2O2/c24-20(22-13-4-1-5-14-22)17-8-10-18(11-9-17)21(25)23-15-12-16-6-2-3-7-19(16)23/h2-3,6-11H,1,4-5,12-15H2. The van der Waals surface area contributed by atoms with Crippen molar-refractivity contribution in [1.29, 1.82) is 0 Å². The number of nitrogens with zero attached hydrogens (tertiary/aromatic N) is 2. The predicted molar refractivity (Wildman–Crippen MR) is 98.0 cm³/mol. The van der Waals surface area contributed by atoms with Crippen molar-refractivity contribution in [3.63, 3.8) is 0 Å². The maximum absolute atomic E-state index is 12.8. The molecule has 2 aliphatic heterocycles. The number of fused-ring (bicyclic) bond motifs is 1. The summed E-state index contributed by atoms with van der Waals surface area (Å²) in [7, 11) is 0. The third-order valence-corrected chi connectivity index (χ3v) is 5.15. The van der Waals surface area contributed by atoms with Gasteiger partial charge in [0.1, 0.15) is 0 Å². The fourth-order valence-electron chi connectivity index (χ4n) is 3.74. The summed E-state index contributed by atoms with van der Waals surface area (Å²) in [4.78, 5) is 29.1. The molecule has 25 heavy (non-hydrogen) atoms. The zero-order chi connectivity index (χ0) is 17.2. The zero-order valence-corrected chi connectivity index (χ0v) is 14.3. The molecule has 0 radical (unpaired) electrons.